The van der Waals surface area contributed by atoms with E-state index in [1.165, 1.54) is 5.56 Å². The van der Waals surface area contributed by atoms with E-state index in [2.05, 4.69) is 11.1 Å². The quantitative estimate of drug-likeness (QED) is 0.881. The van der Waals surface area contributed by atoms with E-state index in [0.29, 0.717) is 0 Å². The molecule has 0 saturated heterocycles. The van der Waals surface area contributed by atoms with Gasteiger partial charge in [-0.1, -0.05) is 6.07 Å². The van der Waals surface area contributed by atoms with E-state index < -0.39 is 0 Å². The molecule has 0 amide bonds. The Hall–Kier alpha value is -1.81. The van der Waals surface area contributed by atoms with Crippen LogP contribution in [0, 0.1) is 6.92 Å². The molecule has 1 aromatic heterocycles. The molecule has 2 rings (SSSR count). The molecule has 1 heterocycles. The van der Waals surface area contributed by atoms with Crippen molar-refractivity contribution < 1.29 is 4.74 Å². The second-order valence-electron chi connectivity index (χ2n) is 4.15. The molecule has 0 saturated carbocycles. The van der Waals surface area contributed by atoms with E-state index in [-0.39, 0.29) is 6.04 Å². The van der Waals surface area contributed by atoms with Crippen molar-refractivity contribution >= 4 is 0 Å². The highest BCUT2D eigenvalue weighted by Gasteiger charge is 2.12. The van der Waals surface area contributed by atoms with Gasteiger partial charge in [0.1, 0.15) is 5.75 Å². The van der Waals surface area contributed by atoms with Crippen molar-refractivity contribution in [3.63, 3.8) is 0 Å². The number of nitrogens with zero attached hydrogens (tertiary/aromatic N) is 2. The SMILES string of the molecule is COc1ccc(C)cc1-n1cncc1C(C)N. The molecule has 0 spiro atoms. The first-order valence-electron chi connectivity index (χ1n) is 5.56. The summed E-state index contributed by atoms with van der Waals surface area (Å²) in [7, 11) is 1.66. The Bertz CT molecular complexity index is 517. The summed E-state index contributed by atoms with van der Waals surface area (Å²) >= 11 is 0. The van der Waals surface area contributed by atoms with Crippen LogP contribution in [0.4, 0.5) is 0 Å². The van der Waals surface area contributed by atoms with Crippen molar-refractivity contribution in [2.45, 2.75) is 19.9 Å². The summed E-state index contributed by atoms with van der Waals surface area (Å²) in [6, 6.07) is 5.97. The van der Waals surface area contributed by atoms with Gasteiger partial charge in [0.25, 0.3) is 0 Å². The Labute approximate surface area is 101 Å². The lowest BCUT2D eigenvalue weighted by Crippen LogP contribution is -2.11. The van der Waals surface area contributed by atoms with Gasteiger partial charge in [-0.25, -0.2) is 4.98 Å². The number of nitrogens with two attached hydrogens (primary N) is 1. The zero-order valence-electron chi connectivity index (χ0n) is 10.3. The average molecular weight is 231 g/mol. The third-order valence-corrected chi connectivity index (χ3v) is 2.73. The number of hydrogen-bond acceptors (Lipinski definition) is 3. The molecule has 0 radical (unpaired) electrons. The fourth-order valence-corrected chi connectivity index (χ4v) is 1.83. The third-order valence-electron chi connectivity index (χ3n) is 2.73. The number of hydrogen-bond donors (Lipinski definition) is 1. The van der Waals surface area contributed by atoms with Crippen molar-refractivity contribution in [3.8, 4) is 11.4 Å². The van der Waals surface area contributed by atoms with Gasteiger partial charge in [0.05, 0.1) is 31.0 Å². The summed E-state index contributed by atoms with van der Waals surface area (Å²) in [5.74, 6) is 0.815. The lowest BCUT2D eigenvalue weighted by molar-refractivity contribution is 0.412. The molecule has 4 heteroatoms. The highest BCUT2D eigenvalue weighted by atomic mass is 16.5. The van der Waals surface area contributed by atoms with Crippen LogP contribution in [0.5, 0.6) is 5.75 Å². The Kier molecular flexibility index (Phi) is 3.15. The first-order chi connectivity index (χ1) is 8.13. The van der Waals surface area contributed by atoms with Gasteiger partial charge in [-0.2, -0.15) is 0 Å². The molecule has 0 aliphatic heterocycles. The van der Waals surface area contributed by atoms with Crippen molar-refractivity contribution in [2.75, 3.05) is 7.11 Å². The molecule has 2 N–H and O–H groups in total. The van der Waals surface area contributed by atoms with Crippen LogP contribution in [-0.2, 0) is 0 Å². The van der Waals surface area contributed by atoms with Crippen LogP contribution in [-0.4, -0.2) is 16.7 Å². The first kappa shape index (κ1) is 11.7. The lowest BCUT2D eigenvalue weighted by atomic mass is 10.2. The van der Waals surface area contributed by atoms with Gasteiger partial charge < -0.3 is 10.5 Å². The van der Waals surface area contributed by atoms with E-state index in [0.717, 1.165) is 17.1 Å². The molecule has 0 fully saturated rings. The van der Waals surface area contributed by atoms with E-state index in [1.54, 1.807) is 19.6 Å². The predicted molar refractivity (Wildman–Crippen MR) is 67.5 cm³/mol. The standard InChI is InChI=1S/C13H17N3O/c1-9-4-5-13(17-3)11(6-9)16-8-15-7-12(16)10(2)14/h4-8,10H,14H2,1-3H3. The maximum atomic E-state index is 5.92. The van der Waals surface area contributed by atoms with Crippen LogP contribution < -0.4 is 10.5 Å². The minimum atomic E-state index is -0.0669. The number of benzene rings is 1. The Balaban J connectivity index is 2.59. The van der Waals surface area contributed by atoms with E-state index in [9.17, 15) is 0 Å². The van der Waals surface area contributed by atoms with Crippen LogP contribution >= 0.6 is 0 Å². The van der Waals surface area contributed by atoms with E-state index in [1.807, 2.05) is 30.5 Å². The van der Waals surface area contributed by atoms with E-state index >= 15 is 0 Å². The molecular weight excluding hydrogens is 214 g/mol. The second-order valence-corrected chi connectivity index (χ2v) is 4.15. The van der Waals surface area contributed by atoms with Crippen LogP contribution in [0.1, 0.15) is 24.2 Å². The maximum absolute atomic E-state index is 5.92. The third kappa shape index (κ3) is 2.17. The number of imidazole rings is 1. The summed E-state index contributed by atoms with van der Waals surface area (Å²) in [5.41, 5.74) is 9.03. The monoisotopic (exact) mass is 231 g/mol. The van der Waals surface area contributed by atoms with Crippen LogP contribution in [0.2, 0.25) is 0 Å². The molecule has 0 aliphatic rings. The van der Waals surface area contributed by atoms with Gasteiger partial charge in [0.15, 0.2) is 0 Å². The molecule has 0 bridgehead atoms. The van der Waals surface area contributed by atoms with Crippen molar-refractivity contribution in [1.82, 2.24) is 9.55 Å². The molecular formula is C13H17N3O. The fraction of sp³-hybridized carbons (Fsp3) is 0.308. The van der Waals surface area contributed by atoms with Crippen LogP contribution in [0.15, 0.2) is 30.7 Å². The predicted octanol–water partition coefficient (Wildman–Crippen LogP) is 2.21. The highest BCUT2D eigenvalue weighted by Crippen LogP contribution is 2.26. The molecule has 1 unspecified atom stereocenters. The zero-order chi connectivity index (χ0) is 12.4. The molecule has 17 heavy (non-hydrogen) atoms. The normalized spacial score (nSPS) is 12.5. The van der Waals surface area contributed by atoms with Gasteiger partial charge in [-0.15, -0.1) is 0 Å². The lowest BCUT2D eigenvalue weighted by Gasteiger charge is -2.14. The Morgan fingerprint density at radius 1 is 1.41 bits per heavy atom. The summed E-state index contributed by atoms with van der Waals surface area (Å²) in [5, 5.41) is 0. The Morgan fingerprint density at radius 2 is 2.18 bits per heavy atom. The minimum absolute atomic E-state index is 0.0669. The summed E-state index contributed by atoms with van der Waals surface area (Å²) < 4.78 is 7.34. The van der Waals surface area contributed by atoms with Gasteiger partial charge in [0, 0.05) is 6.04 Å². The highest BCUT2D eigenvalue weighted by molar-refractivity contribution is 5.50. The molecule has 2 aromatic rings. The van der Waals surface area contributed by atoms with Crippen molar-refractivity contribution in [2.24, 2.45) is 5.73 Å². The first-order valence-corrected chi connectivity index (χ1v) is 5.56. The number of aryl methyl sites for hydroxylation is 1. The van der Waals surface area contributed by atoms with Gasteiger partial charge >= 0.3 is 0 Å². The smallest absolute Gasteiger partial charge is 0.142 e. The number of rotatable bonds is 3. The topological polar surface area (TPSA) is 53.1 Å². The zero-order valence-corrected chi connectivity index (χ0v) is 10.3. The molecule has 4 nitrogen and oxygen atoms in total. The maximum Gasteiger partial charge on any atom is 0.142 e. The summed E-state index contributed by atoms with van der Waals surface area (Å²) in [6.07, 6.45) is 3.54. The Morgan fingerprint density at radius 3 is 2.82 bits per heavy atom. The van der Waals surface area contributed by atoms with Gasteiger partial charge in [-0.05, 0) is 31.5 Å². The average Bonchev–Trinajstić information content (AvgIpc) is 2.77. The number of methoxy groups -OCH3 is 1. The van der Waals surface area contributed by atoms with Gasteiger partial charge in [0.2, 0.25) is 0 Å². The van der Waals surface area contributed by atoms with E-state index in [4.69, 9.17) is 10.5 Å². The summed E-state index contributed by atoms with van der Waals surface area (Å²) in [6.45, 7) is 3.99. The molecule has 1 aromatic carbocycles. The summed E-state index contributed by atoms with van der Waals surface area (Å²) in [4.78, 5) is 4.15. The molecule has 0 aliphatic carbocycles. The minimum Gasteiger partial charge on any atom is -0.495 e. The largest absolute Gasteiger partial charge is 0.495 e. The van der Waals surface area contributed by atoms with Crippen LogP contribution in [0.25, 0.3) is 5.69 Å². The van der Waals surface area contributed by atoms with Crippen molar-refractivity contribution in [1.29, 1.82) is 0 Å². The van der Waals surface area contributed by atoms with Gasteiger partial charge in [-0.3, -0.25) is 4.57 Å². The number of aromatic nitrogens is 2. The number of ether oxygens (including phenoxy) is 1. The molecule has 90 valence electrons. The second kappa shape index (κ2) is 4.59. The molecule has 1 atom stereocenters. The fourth-order valence-electron chi connectivity index (χ4n) is 1.83. The van der Waals surface area contributed by atoms with Crippen LogP contribution in [0.3, 0.4) is 0 Å². The van der Waals surface area contributed by atoms with Crippen molar-refractivity contribution in [3.05, 3.63) is 42.0 Å².